The predicted octanol–water partition coefficient (Wildman–Crippen LogP) is 2.45. The van der Waals surface area contributed by atoms with Crippen LogP contribution < -0.4 is 0 Å². The monoisotopic (exact) mass is 361 g/mol. The molecule has 6 nitrogen and oxygen atoms in total. The van der Waals surface area contributed by atoms with Gasteiger partial charge in [-0.25, -0.2) is 9.48 Å². The Kier molecular flexibility index (Phi) is 4.46. The molecule has 2 aromatic carbocycles. The molecule has 2 heterocycles. The van der Waals surface area contributed by atoms with Crippen molar-refractivity contribution in [3.05, 3.63) is 83.7 Å². The van der Waals surface area contributed by atoms with Crippen molar-refractivity contribution in [2.24, 2.45) is 0 Å². The number of aromatic nitrogens is 2. The van der Waals surface area contributed by atoms with Crippen LogP contribution in [0.4, 0.5) is 0 Å². The number of carbonyl (C=O) groups excluding carboxylic acids is 1. The maximum Gasteiger partial charge on any atom is 0.326 e. The molecule has 6 heteroatoms. The molecule has 1 N–H and O–H groups in total. The lowest BCUT2D eigenvalue weighted by molar-refractivity contribution is -0.151. The molecule has 0 unspecified atom stereocenters. The average molecular weight is 361 g/mol. The topological polar surface area (TPSA) is 75.4 Å². The molecule has 4 rings (SSSR count). The summed E-state index contributed by atoms with van der Waals surface area (Å²) in [6, 6.07) is 16.3. The van der Waals surface area contributed by atoms with Gasteiger partial charge in [-0.1, -0.05) is 36.4 Å². The molecule has 0 bridgehead atoms. The lowest BCUT2D eigenvalue weighted by Gasteiger charge is -2.34. The molecule has 1 aliphatic rings. The van der Waals surface area contributed by atoms with Gasteiger partial charge in [0.25, 0.3) is 0 Å². The minimum absolute atomic E-state index is 0.172. The van der Waals surface area contributed by atoms with E-state index in [0.29, 0.717) is 13.0 Å². The summed E-state index contributed by atoms with van der Waals surface area (Å²) in [5, 5.41) is 13.8. The molecule has 0 fully saturated rings. The van der Waals surface area contributed by atoms with Crippen LogP contribution in [0.25, 0.3) is 5.69 Å². The molecule has 0 aliphatic carbocycles. The molecule has 0 spiro atoms. The summed E-state index contributed by atoms with van der Waals surface area (Å²) >= 11 is 0. The molecule has 136 valence electrons. The number of fused-ring (bicyclic) bond motifs is 1. The van der Waals surface area contributed by atoms with Crippen molar-refractivity contribution in [1.82, 2.24) is 14.7 Å². The minimum atomic E-state index is -0.966. The second-order valence-corrected chi connectivity index (χ2v) is 6.64. The molecular formula is C21H19N3O3. The quantitative estimate of drug-likeness (QED) is 0.775. The third-order valence-electron chi connectivity index (χ3n) is 4.91. The highest BCUT2D eigenvalue weighted by molar-refractivity contribution is 5.85. The van der Waals surface area contributed by atoms with Gasteiger partial charge in [0, 0.05) is 25.4 Å². The zero-order valence-corrected chi connectivity index (χ0v) is 14.7. The zero-order valence-electron chi connectivity index (χ0n) is 14.7. The van der Waals surface area contributed by atoms with Crippen LogP contribution >= 0.6 is 0 Å². The second kappa shape index (κ2) is 7.07. The fourth-order valence-corrected chi connectivity index (χ4v) is 3.47. The van der Waals surface area contributed by atoms with Gasteiger partial charge in [-0.3, -0.25) is 4.79 Å². The molecule has 1 aliphatic heterocycles. The maximum absolute atomic E-state index is 12.9. The fraction of sp³-hybridized carbons (Fsp3) is 0.190. The molecular weight excluding hydrogens is 342 g/mol. The van der Waals surface area contributed by atoms with Gasteiger partial charge in [-0.2, -0.15) is 5.10 Å². The first-order valence-corrected chi connectivity index (χ1v) is 8.80. The first-order chi connectivity index (χ1) is 13.1. The van der Waals surface area contributed by atoms with Crippen LogP contribution in [-0.4, -0.2) is 37.7 Å². The lowest BCUT2D eigenvalue weighted by atomic mass is 9.93. The van der Waals surface area contributed by atoms with Crippen molar-refractivity contribution in [3.63, 3.8) is 0 Å². The van der Waals surface area contributed by atoms with Gasteiger partial charge in [0.2, 0.25) is 5.91 Å². The Balaban J connectivity index is 1.52. The van der Waals surface area contributed by atoms with Crippen molar-refractivity contribution in [3.8, 4) is 5.69 Å². The number of hydrogen-bond acceptors (Lipinski definition) is 3. The lowest BCUT2D eigenvalue weighted by Crippen LogP contribution is -2.49. The molecule has 1 atom stereocenters. The number of benzene rings is 2. The summed E-state index contributed by atoms with van der Waals surface area (Å²) in [7, 11) is 0. The van der Waals surface area contributed by atoms with Crippen LogP contribution in [0.3, 0.4) is 0 Å². The highest BCUT2D eigenvalue weighted by atomic mass is 16.4. The number of carboxylic acids is 1. The third kappa shape index (κ3) is 3.46. The van der Waals surface area contributed by atoms with E-state index in [-0.39, 0.29) is 12.3 Å². The average Bonchev–Trinajstić information content (AvgIpc) is 3.22. The van der Waals surface area contributed by atoms with E-state index in [1.165, 1.54) is 4.90 Å². The Bertz CT molecular complexity index is 965. The van der Waals surface area contributed by atoms with Gasteiger partial charge in [-0.15, -0.1) is 0 Å². The first-order valence-electron chi connectivity index (χ1n) is 8.80. The van der Waals surface area contributed by atoms with Crippen molar-refractivity contribution in [2.45, 2.75) is 25.4 Å². The van der Waals surface area contributed by atoms with Crippen molar-refractivity contribution in [1.29, 1.82) is 0 Å². The van der Waals surface area contributed by atoms with Crippen LogP contribution in [0.5, 0.6) is 0 Å². The molecule has 1 aromatic heterocycles. The minimum Gasteiger partial charge on any atom is -0.480 e. The number of hydrogen-bond donors (Lipinski definition) is 1. The van der Waals surface area contributed by atoms with Crippen LogP contribution in [-0.2, 0) is 29.0 Å². The molecule has 0 saturated heterocycles. The van der Waals surface area contributed by atoms with Crippen LogP contribution in [0, 0.1) is 0 Å². The molecule has 3 aromatic rings. The highest BCUT2D eigenvalue weighted by Gasteiger charge is 2.34. The first kappa shape index (κ1) is 17.0. The van der Waals surface area contributed by atoms with E-state index in [1.807, 2.05) is 60.8 Å². The van der Waals surface area contributed by atoms with Crippen LogP contribution in [0.1, 0.15) is 16.7 Å². The van der Waals surface area contributed by atoms with E-state index in [4.69, 9.17) is 0 Å². The van der Waals surface area contributed by atoms with Crippen LogP contribution in [0.15, 0.2) is 67.0 Å². The predicted molar refractivity (Wildman–Crippen MR) is 99.4 cm³/mol. The van der Waals surface area contributed by atoms with Crippen molar-refractivity contribution < 1.29 is 14.7 Å². The summed E-state index contributed by atoms with van der Waals surface area (Å²) in [5.74, 6) is -1.14. The molecule has 0 radical (unpaired) electrons. The molecule has 27 heavy (non-hydrogen) atoms. The highest BCUT2D eigenvalue weighted by Crippen LogP contribution is 2.24. The van der Waals surface area contributed by atoms with Gasteiger partial charge >= 0.3 is 5.97 Å². The van der Waals surface area contributed by atoms with Gasteiger partial charge in [0.15, 0.2) is 0 Å². The summed E-state index contributed by atoms with van der Waals surface area (Å²) < 4.78 is 1.74. The van der Waals surface area contributed by atoms with E-state index in [0.717, 1.165) is 22.4 Å². The molecule has 1 amide bonds. The Morgan fingerprint density at radius 1 is 1.04 bits per heavy atom. The smallest absolute Gasteiger partial charge is 0.326 e. The summed E-state index contributed by atoms with van der Waals surface area (Å²) in [4.78, 5) is 26.0. The largest absolute Gasteiger partial charge is 0.480 e. The summed E-state index contributed by atoms with van der Waals surface area (Å²) in [5.41, 5.74) is 3.76. The van der Waals surface area contributed by atoms with Crippen molar-refractivity contribution >= 4 is 11.9 Å². The van der Waals surface area contributed by atoms with Crippen LogP contribution in [0.2, 0.25) is 0 Å². The normalized spacial score (nSPS) is 16.0. The number of carboxylic acid groups (broad SMARTS) is 1. The SMILES string of the molecule is O=C(O)[C@@H]1Cc2ccccc2CN1C(=O)Cc1ccc(-n2cccn2)cc1. The Hall–Kier alpha value is -3.41. The van der Waals surface area contributed by atoms with E-state index < -0.39 is 12.0 Å². The Morgan fingerprint density at radius 2 is 1.78 bits per heavy atom. The zero-order chi connectivity index (χ0) is 18.8. The van der Waals surface area contributed by atoms with E-state index in [1.54, 1.807) is 10.9 Å². The van der Waals surface area contributed by atoms with Crippen molar-refractivity contribution in [2.75, 3.05) is 0 Å². The summed E-state index contributed by atoms with van der Waals surface area (Å²) in [6.45, 7) is 0.331. The van der Waals surface area contributed by atoms with Gasteiger partial charge < -0.3 is 10.0 Å². The van der Waals surface area contributed by atoms with E-state index >= 15 is 0 Å². The Labute approximate surface area is 156 Å². The van der Waals surface area contributed by atoms with Gasteiger partial charge in [0.05, 0.1) is 12.1 Å². The number of nitrogens with zero attached hydrogens (tertiary/aromatic N) is 3. The number of amides is 1. The third-order valence-corrected chi connectivity index (χ3v) is 4.91. The standard InChI is InChI=1S/C21H19N3O3/c25-20(12-15-6-8-18(9-7-15)24-11-3-10-22-24)23-14-17-5-2-1-4-16(17)13-19(23)21(26)27/h1-11,19H,12-14H2,(H,26,27)/t19-/m0/s1. The maximum atomic E-state index is 12.9. The second-order valence-electron chi connectivity index (χ2n) is 6.64. The number of aliphatic carboxylic acids is 1. The Morgan fingerprint density at radius 3 is 2.44 bits per heavy atom. The van der Waals surface area contributed by atoms with E-state index in [2.05, 4.69) is 5.10 Å². The van der Waals surface area contributed by atoms with Gasteiger partial charge in [0.1, 0.15) is 6.04 Å². The molecule has 0 saturated carbocycles. The summed E-state index contributed by atoms with van der Waals surface area (Å²) in [6.07, 6.45) is 4.07. The number of carbonyl (C=O) groups is 2. The van der Waals surface area contributed by atoms with E-state index in [9.17, 15) is 14.7 Å². The van der Waals surface area contributed by atoms with Gasteiger partial charge in [-0.05, 0) is 34.9 Å². The fourth-order valence-electron chi connectivity index (χ4n) is 3.47. The number of rotatable bonds is 4.